The van der Waals surface area contributed by atoms with Crippen molar-refractivity contribution in [1.29, 1.82) is 0 Å². The summed E-state index contributed by atoms with van der Waals surface area (Å²) in [7, 11) is 0. The highest BCUT2D eigenvalue weighted by molar-refractivity contribution is 7.14. The van der Waals surface area contributed by atoms with Gasteiger partial charge in [0.2, 0.25) is 5.91 Å². The second-order valence-corrected chi connectivity index (χ2v) is 4.48. The number of nitrogens with zero attached hydrogens (tertiary/aromatic N) is 2. The van der Waals surface area contributed by atoms with Crippen LogP contribution in [0.5, 0.6) is 0 Å². The van der Waals surface area contributed by atoms with Gasteiger partial charge in [-0.3, -0.25) is 9.69 Å². The Labute approximate surface area is 106 Å². The molecule has 1 aromatic heterocycles. The molecule has 0 spiro atoms. The normalized spacial score (nSPS) is 10.2. The second-order valence-electron chi connectivity index (χ2n) is 3.64. The van der Waals surface area contributed by atoms with E-state index in [1.54, 1.807) is 11.8 Å². The molecule has 1 amide bonds. The second kappa shape index (κ2) is 7.19. The number of aromatic nitrogens is 1. The maximum absolute atomic E-state index is 11.3. The number of carbonyl (C=O) groups excluding carboxylic acids is 1. The van der Waals surface area contributed by atoms with Crippen LogP contribution in [0.1, 0.15) is 26.0 Å². The van der Waals surface area contributed by atoms with E-state index in [0.29, 0.717) is 6.54 Å². The Morgan fingerprint density at radius 1 is 1.71 bits per heavy atom. The maximum atomic E-state index is 11.3. The van der Waals surface area contributed by atoms with Crippen LogP contribution >= 0.6 is 11.3 Å². The summed E-state index contributed by atoms with van der Waals surface area (Å²) >= 11 is 1.51. The molecule has 4 nitrogen and oxygen atoms in total. The van der Waals surface area contributed by atoms with Crippen molar-refractivity contribution in [1.82, 2.24) is 10.3 Å². The smallest absolute Gasteiger partial charge is 0.225 e. The van der Waals surface area contributed by atoms with Gasteiger partial charge in [0.1, 0.15) is 0 Å². The summed E-state index contributed by atoms with van der Waals surface area (Å²) < 4.78 is 0. The van der Waals surface area contributed by atoms with Gasteiger partial charge >= 0.3 is 0 Å². The molecule has 0 aliphatic rings. The number of carbonyl (C=O) groups is 1. The van der Waals surface area contributed by atoms with E-state index in [0.717, 1.165) is 30.3 Å². The van der Waals surface area contributed by atoms with Crippen LogP contribution in [0.4, 0.5) is 5.13 Å². The number of hydrogen-bond acceptors (Lipinski definition) is 4. The molecule has 0 saturated heterocycles. The van der Waals surface area contributed by atoms with Crippen molar-refractivity contribution in [2.45, 2.75) is 26.8 Å². The van der Waals surface area contributed by atoms with Crippen LogP contribution in [0.2, 0.25) is 0 Å². The molecule has 94 valence electrons. The van der Waals surface area contributed by atoms with Gasteiger partial charge in [-0.15, -0.1) is 17.9 Å². The van der Waals surface area contributed by atoms with E-state index in [-0.39, 0.29) is 5.91 Å². The maximum Gasteiger partial charge on any atom is 0.225 e. The summed E-state index contributed by atoms with van der Waals surface area (Å²) in [5.74, 6) is 0.0352. The first kappa shape index (κ1) is 13.9. The summed E-state index contributed by atoms with van der Waals surface area (Å²) in [6, 6.07) is 0. The standard InChI is InChI=1S/C12H19N3OS/c1-4-6-7-13-8-11-9-17-12(14-11)15(5-2)10(3)16/h4,9,13H,1,5-8H2,2-3H3. The first-order chi connectivity index (χ1) is 8.19. The van der Waals surface area contributed by atoms with E-state index in [9.17, 15) is 4.79 Å². The molecule has 0 bridgehead atoms. The average Bonchev–Trinajstić information content (AvgIpc) is 2.74. The number of amides is 1. The molecule has 5 heteroatoms. The summed E-state index contributed by atoms with van der Waals surface area (Å²) in [5, 5.41) is 6.04. The van der Waals surface area contributed by atoms with Gasteiger partial charge in [-0.05, 0) is 19.9 Å². The van der Waals surface area contributed by atoms with Gasteiger partial charge < -0.3 is 5.32 Å². The molecule has 0 saturated carbocycles. The Hall–Kier alpha value is -1.20. The van der Waals surface area contributed by atoms with Crippen LogP contribution in [0.3, 0.4) is 0 Å². The molecule has 0 fully saturated rings. The molecule has 1 rings (SSSR count). The third-order valence-corrected chi connectivity index (χ3v) is 3.21. The van der Waals surface area contributed by atoms with Crippen molar-refractivity contribution < 1.29 is 4.79 Å². The molecule has 17 heavy (non-hydrogen) atoms. The number of nitrogens with one attached hydrogen (secondary N) is 1. The molecule has 0 aliphatic heterocycles. The summed E-state index contributed by atoms with van der Waals surface area (Å²) in [5.41, 5.74) is 0.980. The van der Waals surface area contributed by atoms with Gasteiger partial charge in [0.15, 0.2) is 5.13 Å². The van der Waals surface area contributed by atoms with E-state index < -0.39 is 0 Å². The molecule has 0 aliphatic carbocycles. The highest BCUT2D eigenvalue weighted by atomic mass is 32.1. The summed E-state index contributed by atoms with van der Waals surface area (Å²) in [6.07, 6.45) is 2.83. The Morgan fingerprint density at radius 2 is 2.47 bits per heavy atom. The monoisotopic (exact) mass is 253 g/mol. The molecule has 0 atom stereocenters. The van der Waals surface area contributed by atoms with Gasteiger partial charge in [0, 0.05) is 25.4 Å². The molecule has 1 aromatic rings. The van der Waals surface area contributed by atoms with Gasteiger partial charge in [-0.2, -0.15) is 0 Å². The zero-order valence-corrected chi connectivity index (χ0v) is 11.2. The fourth-order valence-electron chi connectivity index (χ4n) is 1.41. The van der Waals surface area contributed by atoms with Crippen LogP contribution in [-0.2, 0) is 11.3 Å². The van der Waals surface area contributed by atoms with Gasteiger partial charge in [0.05, 0.1) is 5.69 Å². The quantitative estimate of drug-likeness (QED) is 0.598. The predicted molar refractivity (Wildman–Crippen MR) is 72.3 cm³/mol. The van der Waals surface area contributed by atoms with Crippen LogP contribution < -0.4 is 10.2 Å². The highest BCUT2D eigenvalue weighted by Gasteiger charge is 2.12. The van der Waals surface area contributed by atoms with Crippen LogP contribution in [0.15, 0.2) is 18.0 Å². The molecular formula is C12H19N3OS. The highest BCUT2D eigenvalue weighted by Crippen LogP contribution is 2.20. The molecule has 1 heterocycles. The fourth-order valence-corrected chi connectivity index (χ4v) is 2.35. The first-order valence-electron chi connectivity index (χ1n) is 5.73. The van der Waals surface area contributed by atoms with E-state index >= 15 is 0 Å². The van der Waals surface area contributed by atoms with Crippen molar-refractivity contribution in [3.05, 3.63) is 23.7 Å². The Kier molecular flexibility index (Phi) is 5.86. The van der Waals surface area contributed by atoms with Crippen molar-refractivity contribution in [2.24, 2.45) is 0 Å². The number of anilines is 1. The minimum absolute atomic E-state index is 0.0352. The predicted octanol–water partition coefficient (Wildman–Crippen LogP) is 2.18. The number of hydrogen-bond donors (Lipinski definition) is 1. The van der Waals surface area contributed by atoms with Crippen molar-refractivity contribution in [3.8, 4) is 0 Å². The minimum Gasteiger partial charge on any atom is -0.311 e. The van der Waals surface area contributed by atoms with E-state index in [1.165, 1.54) is 11.3 Å². The van der Waals surface area contributed by atoms with Gasteiger partial charge in [-0.25, -0.2) is 4.98 Å². The molecule has 0 unspecified atom stereocenters. The molecule has 0 aromatic carbocycles. The SMILES string of the molecule is C=CCCNCc1csc(N(CC)C(C)=O)n1. The van der Waals surface area contributed by atoms with Crippen molar-refractivity contribution >= 4 is 22.4 Å². The molecule has 0 radical (unpaired) electrons. The van der Waals surface area contributed by atoms with Crippen molar-refractivity contribution in [2.75, 3.05) is 18.0 Å². The van der Waals surface area contributed by atoms with Crippen LogP contribution in [-0.4, -0.2) is 24.0 Å². The van der Waals surface area contributed by atoms with Crippen LogP contribution in [0, 0.1) is 0 Å². The lowest BCUT2D eigenvalue weighted by molar-refractivity contribution is -0.116. The number of thiazole rings is 1. The Balaban J connectivity index is 2.52. The van der Waals surface area contributed by atoms with Gasteiger partial charge in [0.25, 0.3) is 0 Å². The summed E-state index contributed by atoms with van der Waals surface area (Å²) in [6.45, 7) is 9.48. The van der Waals surface area contributed by atoms with Crippen molar-refractivity contribution in [3.63, 3.8) is 0 Å². The minimum atomic E-state index is 0.0352. The Bertz CT molecular complexity index is 376. The third-order valence-electron chi connectivity index (χ3n) is 2.30. The lowest BCUT2D eigenvalue weighted by atomic mass is 10.4. The van der Waals surface area contributed by atoms with Gasteiger partial charge in [-0.1, -0.05) is 6.08 Å². The molecular weight excluding hydrogens is 234 g/mol. The zero-order valence-electron chi connectivity index (χ0n) is 10.4. The largest absolute Gasteiger partial charge is 0.311 e. The third kappa shape index (κ3) is 4.28. The summed E-state index contributed by atoms with van der Waals surface area (Å²) in [4.78, 5) is 17.5. The fraction of sp³-hybridized carbons (Fsp3) is 0.500. The topological polar surface area (TPSA) is 45.2 Å². The lowest BCUT2D eigenvalue weighted by Gasteiger charge is -2.14. The van der Waals surface area contributed by atoms with E-state index in [4.69, 9.17) is 0 Å². The number of rotatable bonds is 7. The first-order valence-corrected chi connectivity index (χ1v) is 6.61. The lowest BCUT2D eigenvalue weighted by Crippen LogP contribution is -2.27. The zero-order chi connectivity index (χ0) is 12.7. The van der Waals surface area contributed by atoms with E-state index in [2.05, 4.69) is 16.9 Å². The average molecular weight is 253 g/mol. The van der Waals surface area contributed by atoms with E-state index in [1.807, 2.05) is 18.4 Å². The Morgan fingerprint density at radius 3 is 3.06 bits per heavy atom. The van der Waals surface area contributed by atoms with Crippen LogP contribution in [0.25, 0.3) is 0 Å². The molecule has 1 N–H and O–H groups in total.